The average molecular weight is 296 g/mol. The Hall–Kier alpha value is -0.130. The monoisotopic (exact) mass is 295 g/mol. The van der Waals surface area contributed by atoms with E-state index < -0.39 is 4.33 Å². The number of aromatic nitrogens is 3. The first kappa shape index (κ1) is 13.3. The van der Waals surface area contributed by atoms with Gasteiger partial charge in [0.15, 0.2) is 5.16 Å². The lowest BCUT2D eigenvalue weighted by Crippen LogP contribution is -2.17. The van der Waals surface area contributed by atoms with Gasteiger partial charge in [-0.3, -0.25) is 4.57 Å². The van der Waals surface area contributed by atoms with Crippen molar-refractivity contribution in [3.63, 3.8) is 0 Å². The molecule has 96 valence electrons. The second-order valence-electron chi connectivity index (χ2n) is 4.29. The maximum atomic E-state index is 11.5. The van der Waals surface area contributed by atoms with Gasteiger partial charge in [0.25, 0.3) is 0 Å². The topological polar surface area (TPSA) is 50.7 Å². The minimum Gasteiger partial charge on any atom is -0.270 e. The third-order valence-corrected chi connectivity index (χ3v) is 4.89. The minimum atomic E-state index is -0.558. The summed E-state index contributed by atoms with van der Waals surface area (Å²) in [5, 5.41) is 7.24. The number of hydrogen-bond donors (Lipinski definition) is 1. The van der Waals surface area contributed by atoms with Crippen molar-refractivity contribution in [2.45, 2.75) is 42.2 Å². The van der Waals surface area contributed by atoms with Crippen LogP contribution in [-0.2, 0) is 6.54 Å². The molecule has 0 aliphatic heterocycles. The normalized spacial score (nSPS) is 21.7. The number of H-pyrrole nitrogens is 1. The number of aromatic amines is 1. The van der Waals surface area contributed by atoms with Crippen molar-refractivity contribution in [3.05, 3.63) is 10.5 Å². The van der Waals surface area contributed by atoms with Crippen molar-refractivity contribution < 1.29 is 0 Å². The maximum absolute atomic E-state index is 11.5. The van der Waals surface area contributed by atoms with Gasteiger partial charge in [-0.2, -0.15) is 0 Å². The SMILES string of the molecule is CCCCn1c(SC[C@H]2CC2(Cl)Cl)n[nH]c1=O. The van der Waals surface area contributed by atoms with Crippen LogP contribution in [0.3, 0.4) is 0 Å². The predicted molar refractivity (Wildman–Crippen MR) is 71.0 cm³/mol. The summed E-state index contributed by atoms with van der Waals surface area (Å²) < 4.78 is 1.12. The Kier molecular flexibility index (Phi) is 4.10. The first-order valence-electron chi connectivity index (χ1n) is 5.70. The highest BCUT2D eigenvalue weighted by atomic mass is 35.5. The van der Waals surface area contributed by atoms with Crippen molar-refractivity contribution >= 4 is 35.0 Å². The molecule has 1 heterocycles. The van der Waals surface area contributed by atoms with Gasteiger partial charge in [0.1, 0.15) is 4.33 Å². The summed E-state index contributed by atoms with van der Waals surface area (Å²) >= 11 is 13.5. The molecule has 0 radical (unpaired) electrons. The summed E-state index contributed by atoms with van der Waals surface area (Å²) in [4.78, 5) is 11.5. The molecule has 17 heavy (non-hydrogen) atoms. The largest absolute Gasteiger partial charge is 0.343 e. The summed E-state index contributed by atoms with van der Waals surface area (Å²) in [7, 11) is 0. The summed E-state index contributed by atoms with van der Waals surface area (Å²) in [5.74, 6) is 1.12. The molecule has 2 rings (SSSR count). The first-order chi connectivity index (χ1) is 8.04. The fraction of sp³-hybridized carbons (Fsp3) is 0.800. The molecule has 1 aliphatic rings. The molecule has 0 aromatic carbocycles. The molecule has 0 spiro atoms. The summed E-state index contributed by atoms with van der Waals surface area (Å²) in [5.41, 5.74) is -0.139. The van der Waals surface area contributed by atoms with Crippen LogP contribution in [0.15, 0.2) is 9.95 Å². The van der Waals surface area contributed by atoms with Crippen LogP contribution < -0.4 is 5.69 Å². The Morgan fingerprint density at radius 3 is 2.94 bits per heavy atom. The number of thioether (sulfide) groups is 1. The number of nitrogens with zero attached hydrogens (tertiary/aromatic N) is 2. The maximum Gasteiger partial charge on any atom is 0.343 e. The van der Waals surface area contributed by atoms with E-state index in [9.17, 15) is 4.79 Å². The van der Waals surface area contributed by atoms with E-state index in [-0.39, 0.29) is 5.69 Å². The lowest BCUT2D eigenvalue weighted by molar-refractivity contribution is 0.572. The van der Waals surface area contributed by atoms with Crippen molar-refractivity contribution in [1.29, 1.82) is 0 Å². The Balaban J connectivity index is 1.94. The lowest BCUT2D eigenvalue weighted by atomic mass is 10.3. The highest BCUT2D eigenvalue weighted by molar-refractivity contribution is 7.99. The molecule has 1 aromatic heterocycles. The van der Waals surface area contributed by atoms with Gasteiger partial charge < -0.3 is 0 Å². The molecule has 1 saturated carbocycles. The van der Waals surface area contributed by atoms with Crippen molar-refractivity contribution in [1.82, 2.24) is 14.8 Å². The van der Waals surface area contributed by atoms with E-state index in [1.165, 1.54) is 0 Å². The molecule has 0 unspecified atom stereocenters. The fourth-order valence-corrected chi connectivity index (χ4v) is 3.46. The van der Waals surface area contributed by atoms with Gasteiger partial charge in [0.05, 0.1) is 0 Å². The van der Waals surface area contributed by atoms with Gasteiger partial charge in [-0.25, -0.2) is 9.89 Å². The van der Waals surface area contributed by atoms with E-state index in [2.05, 4.69) is 17.1 Å². The fourth-order valence-electron chi connectivity index (χ4n) is 1.55. The second kappa shape index (κ2) is 5.24. The van der Waals surface area contributed by atoms with Crippen LogP contribution in [0, 0.1) is 5.92 Å². The molecule has 4 nitrogen and oxygen atoms in total. The molecule has 0 bridgehead atoms. The van der Waals surface area contributed by atoms with Crippen LogP contribution in [0.2, 0.25) is 0 Å². The minimum absolute atomic E-state index is 0.139. The lowest BCUT2D eigenvalue weighted by Gasteiger charge is -2.04. The number of halogens is 2. The van der Waals surface area contributed by atoms with Crippen LogP contribution in [-0.4, -0.2) is 24.9 Å². The molecule has 1 aliphatic carbocycles. The Labute approximate surface area is 114 Å². The van der Waals surface area contributed by atoms with E-state index >= 15 is 0 Å². The van der Waals surface area contributed by atoms with Crippen LogP contribution in [0.4, 0.5) is 0 Å². The molecule has 1 N–H and O–H groups in total. The van der Waals surface area contributed by atoms with Crippen LogP contribution in [0.5, 0.6) is 0 Å². The number of hydrogen-bond acceptors (Lipinski definition) is 3. The van der Waals surface area contributed by atoms with Gasteiger partial charge in [0, 0.05) is 18.2 Å². The molecule has 7 heteroatoms. The number of nitrogens with one attached hydrogen (secondary N) is 1. The third-order valence-electron chi connectivity index (χ3n) is 2.83. The highest BCUT2D eigenvalue weighted by Crippen LogP contribution is 2.54. The summed E-state index contributed by atoms with van der Waals surface area (Å²) in [6.07, 6.45) is 2.86. The zero-order valence-electron chi connectivity index (χ0n) is 9.58. The molecule has 0 amide bonds. The highest BCUT2D eigenvalue weighted by Gasteiger charge is 2.51. The van der Waals surface area contributed by atoms with Gasteiger partial charge in [0.2, 0.25) is 0 Å². The zero-order chi connectivity index (χ0) is 12.5. The standard InChI is InChI=1S/C10H15Cl2N3OS/c1-2-3-4-15-8(16)13-14-9(15)17-6-7-5-10(7,11)12/h7H,2-6H2,1H3,(H,13,16)/t7-/m1/s1. The molecule has 1 fully saturated rings. The van der Waals surface area contributed by atoms with Crippen LogP contribution >= 0.6 is 35.0 Å². The van der Waals surface area contributed by atoms with Crippen molar-refractivity contribution in [2.75, 3.05) is 5.75 Å². The molecular formula is C10H15Cl2N3OS. The third kappa shape index (κ3) is 3.20. The number of unbranched alkanes of at least 4 members (excludes halogenated alkanes) is 1. The molecule has 1 atom stereocenters. The Morgan fingerprint density at radius 1 is 1.65 bits per heavy atom. The quantitative estimate of drug-likeness (QED) is 0.648. The number of rotatable bonds is 6. The summed E-state index contributed by atoms with van der Waals surface area (Å²) in [6, 6.07) is 0. The van der Waals surface area contributed by atoms with E-state index in [1.54, 1.807) is 16.3 Å². The zero-order valence-corrected chi connectivity index (χ0v) is 11.9. The van der Waals surface area contributed by atoms with Crippen LogP contribution in [0.1, 0.15) is 26.2 Å². The first-order valence-corrected chi connectivity index (χ1v) is 7.44. The van der Waals surface area contributed by atoms with Gasteiger partial charge in [-0.1, -0.05) is 25.1 Å². The average Bonchev–Trinajstić information content (AvgIpc) is 2.74. The summed E-state index contributed by atoms with van der Waals surface area (Å²) in [6.45, 7) is 2.81. The Bertz CT molecular complexity index is 443. The second-order valence-corrected chi connectivity index (χ2v) is 6.82. The smallest absolute Gasteiger partial charge is 0.270 e. The van der Waals surface area contributed by atoms with Crippen LogP contribution in [0.25, 0.3) is 0 Å². The van der Waals surface area contributed by atoms with Crippen molar-refractivity contribution in [3.8, 4) is 0 Å². The van der Waals surface area contributed by atoms with Gasteiger partial charge >= 0.3 is 5.69 Å². The van der Waals surface area contributed by atoms with E-state index in [0.29, 0.717) is 12.5 Å². The Morgan fingerprint density at radius 2 is 2.35 bits per heavy atom. The molecule has 1 aromatic rings. The molecular weight excluding hydrogens is 281 g/mol. The number of alkyl halides is 2. The molecule has 0 saturated heterocycles. The predicted octanol–water partition coefficient (Wildman–Crippen LogP) is 2.66. The van der Waals surface area contributed by atoms with E-state index in [4.69, 9.17) is 23.2 Å². The van der Waals surface area contributed by atoms with Gasteiger partial charge in [-0.15, -0.1) is 28.3 Å². The van der Waals surface area contributed by atoms with E-state index in [1.807, 2.05) is 0 Å². The van der Waals surface area contributed by atoms with Gasteiger partial charge in [-0.05, 0) is 12.8 Å². The van der Waals surface area contributed by atoms with Crippen molar-refractivity contribution in [2.24, 2.45) is 5.92 Å². The van der Waals surface area contributed by atoms with E-state index in [0.717, 1.165) is 30.2 Å².